The number of benzene rings is 2. The van der Waals surface area contributed by atoms with Gasteiger partial charge in [-0.15, -0.1) is 11.3 Å². The summed E-state index contributed by atoms with van der Waals surface area (Å²) < 4.78 is 7.83. The molecule has 2 heterocycles. The highest BCUT2D eigenvalue weighted by Gasteiger charge is 2.25. The van der Waals surface area contributed by atoms with Gasteiger partial charge in [-0.3, -0.25) is 14.2 Å². The van der Waals surface area contributed by atoms with Crippen LogP contribution in [0.4, 0.5) is 5.69 Å². The Morgan fingerprint density at radius 1 is 1.09 bits per heavy atom. The summed E-state index contributed by atoms with van der Waals surface area (Å²) in [5, 5.41) is 3.43. The Hall–Kier alpha value is -3.65. The highest BCUT2D eigenvalue weighted by atomic mass is 32.1. The molecule has 2 aromatic heterocycles. The van der Waals surface area contributed by atoms with Crippen LogP contribution in [0.1, 0.15) is 28.8 Å². The van der Waals surface area contributed by atoms with Gasteiger partial charge in [0.05, 0.1) is 18.2 Å². The number of rotatable bonds is 5. The molecule has 0 saturated heterocycles. The molecular weight excluding hydrogens is 450 g/mol. The zero-order valence-corrected chi connectivity index (χ0v) is 19.9. The third kappa shape index (κ3) is 3.94. The highest BCUT2D eigenvalue weighted by molar-refractivity contribution is 7.18. The second-order valence-electron chi connectivity index (χ2n) is 8.52. The van der Waals surface area contributed by atoms with Crippen molar-refractivity contribution in [3.05, 3.63) is 85.4 Å². The van der Waals surface area contributed by atoms with Crippen molar-refractivity contribution in [3.63, 3.8) is 0 Å². The molecule has 0 radical (unpaired) electrons. The molecule has 1 N–H and O–H groups in total. The number of hydrogen-bond acceptors (Lipinski definition) is 5. The summed E-state index contributed by atoms with van der Waals surface area (Å²) in [6.07, 6.45) is 3.76. The minimum Gasteiger partial charge on any atom is -0.497 e. The predicted molar refractivity (Wildman–Crippen MR) is 135 cm³/mol. The smallest absolute Gasteiger partial charge is 0.337 e. The van der Waals surface area contributed by atoms with Crippen LogP contribution in [0.5, 0.6) is 5.75 Å². The Morgan fingerprint density at radius 2 is 1.85 bits per heavy atom. The number of thiophene rings is 1. The minimum absolute atomic E-state index is 0.181. The largest absolute Gasteiger partial charge is 0.497 e. The monoisotopic (exact) mass is 475 g/mol. The Morgan fingerprint density at radius 3 is 2.59 bits per heavy atom. The number of carbonyl (C=O) groups is 1. The third-order valence-electron chi connectivity index (χ3n) is 6.17. The number of ether oxygens (including phenoxy) is 1. The molecule has 1 amide bonds. The fourth-order valence-electron chi connectivity index (χ4n) is 4.53. The van der Waals surface area contributed by atoms with Gasteiger partial charge in [0.1, 0.15) is 17.1 Å². The molecule has 1 aliphatic rings. The molecule has 5 rings (SSSR count). The summed E-state index contributed by atoms with van der Waals surface area (Å²) in [5.41, 5.74) is 2.30. The van der Waals surface area contributed by atoms with Crippen LogP contribution in [-0.4, -0.2) is 22.2 Å². The lowest BCUT2D eigenvalue weighted by Gasteiger charge is -2.14. The normalized spacial score (nSPS) is 13.0. The van der Waals surface area contributed by atoms with Crippen LogP contribution >= 0.6 is 11.3 Å². The van der Waals surface area contributed by atoms with Gasteiger partial charge in [-0.05, 0) is 80.1 Å². The Labute approximate surface area is 200 Å². The van der Waals surface area contributed by atoms with Crippen LogP contribution in [0, 0.1) is 6.92 Å². The van der Waals surface area contributed by atoms with Crippen molar-refractivity contribution in [2.45, 2.75) is 39.2 Å². The fraction of sp³-hybridized carbons (Fsp3) is 0.269. The quantitative estimate of drug-likeness (QED) is 0.472. The van der Waals surface area contributed by atoms with E-state index in [1.54, 1.807) is 31.4 Å². The lowest BCUT2D eigenvalue weighted by molar-refractivity contribution is -0.116. The van der Waals surface area contributed by atoms with E-state index in [-0.39, 0.29) is 18.0 Å². The molecule has 0 atom stereocenters. The maximum absolute atomic E-state index is 13.6. The van der Waals surface area contributed by atoms with Gasteiger partial charge >= 0.3 is 5.69 Å². The molecule has 34 heavy (non-hydrogen) atoms. The summed E-state index contributed by atoms with van der Waals surface area (Å²) in [6.45, 7) is 1.77. The number of fused-ring (bicyclic) bond motifs is 3. The minimum atomic E-state index is -0.527. The second-order valence-corrected chi connectivity index (χ2v) is 9.60. The van der Waals surface area contributed by atoms with Gasteiger partial charge in [-0.2, -0.15) is 0 Å². The number of hydrogen-bond donors (Lipinski definition) is 1. The first-order valence-corrected chi connectivity index (χ1v) is 12.1. The zero-order valence-electron chi connectivity index (χ0n) is 19.1. The molecule has 0 spiro atoms. The molecule has 8 heteroatoms. The Kier molecular flexibility index (Phi) is 5.83. The Balaban J connectivity index is 1.66. The van der Waals surface area contributed by atoms with Crippen molar-refractivity contribution in [1.29, 1.82) is 0 Å². The van der Waals surface area contributed by atoms with Crippen molar-refractivity contribution >= 4 is 33.1 Å². The molecule has 0 aliphatic heterocycles. The van der Waals surface area contributed by atoms with Crippen LogP contribution in [-0.2, 0) is 24.2 Å². The van der Waals surface area contributed by atoms with E-state index in [0.717, 1.165) is 41.7 Å². The van der Waals surface area contributed by atoms with E-state index in [9.17, 15) is 14.4 Å². The molecule has 2 aromatic carbocycles. The van der Waals surface area contributed by atoms with Crippen molar-refractivity contribution < 1.29 is 9.53 Å². The van der Waals surface area contributed by atoms with Crippen molar-refractivity contribution in [2.24, 2.45) is 0 Å². The molecule has 1 aliphatic carbocycles. The third-order valence-corrected chi connectivity index (χ3v) is 7.49. The number of amides is 1. The first-order valence-electron chi connectivity index (χ1n) is 11.3. The number of nitrogens with one attached hydrogen (secondary N) is 1. The van der Waals surface area contributed by atoms with Crippen molar-refractivity contribution in [1.82, 2.24) is 9.13 Å². The second kappa shape index (κ2) is 8.95. The summed E-state index contributed by atoms with van der Waals surface area (Å²) in [6, 6.07) is 14.3. The molecule has 4 aromatic rings. The van der Waals surface area contributed by atoms with Crippen LogP contribution in [0.2, 0.25) is 0 Å². The van der Waals surface area contributed by atoms with Gasteiger partial charge in [0, 0.05) is 10.6 Å². The first-order chi connectivity index (χ1) is 16.5. The first kappa shape index (κ1) is 22.2. The summed E-state index contributed by atoms with van der Waals surface area (Å²) in [7, 11) is 1.56. The number of methoxy groups -OCH3 is 1. The average Bonchev–Trinajstić information content (AvgIpc) is 3.22. The SMILES string of the molecule is COc1ccc(-n2c(=O)c3c4c(sc3n(CC(=O)Nc3cccc(C)c3)c2=O)CCCC4)cc1. The number of carbonyl (C=O) groups excluding carboxylic acids is 1. The lowest BCUT2D eigenvalue weighted by atomic mass is 9.97. The molecule has 0 fully saturated rings. The lowest BCUT2D eigenvalue weighted by Crippen LogP contribution is -2.40. The summed E-state index contributed by atoms with van der Waals surface area (Å²) in [5.74, 6) is 0.309. The standard InChI is InChI=1S/C26H25N3O4S/c1-16-6-5-7-17(14-16)27-22(30)15-28-25-23(20-8-3-4-9-21(20)34-25)24(31)29(26(28)32)18-10-12-19(33-2)13-11-18/h5-7,10-14H,3-4,8-9,15H2,1-2H3,(H,27,30). The van der Waals surface area contributed by atoms with Crippen molar-refractivity contribution in [2.75, 3.05) is 12.4 Å². The fourth-order valence-corrected chi connectivity index (χ4v) is 5.91. The van der Waals surface area contributed by atoms with Crippen LogP contribution in [0.3, 0.4) is 0 Å². The van der Waals surface area contributed by atoms with Crippen LogP contribution in [0.25, 0.3) is 15.9 Å². The van der Waals surface area contributed by atoms with Gasteiger partial charge in [0.2, 0.25) is 5.91 Å². The summed E-state index contributed by atoms with van der Waals surface area (Å²) in [4.78, 5) is 42.0. The van der Waals surface area contributed by atoms with Crippen molar-refractivity contribution in [3.8, 4) is 11.4 Å². The molecular formula is C26H25N3O4S. The average molecular weight is 476 g/mol. The molecule has 0 bridgehead atoms. The van der Waals surface area contributed by atoms with Gasteiger partial charge in [0.15, 0.2) is 0 Å². The van der Waals surface area contributed by atoms with Gasteiger partial charge in [-0.25, -0.2) is 9.36 Å². The van der Waals surface area contributed by atoms with E-state index in [2.05, 4.69) is 5.32 Å². The zero-order chi connectivity index (χ0) is 23.8. The number of anilines is 1. The summed E-state index contributed by atoms with van der Waals surface area (Å²) >= 11 is 1.47. The molecule has 174 valence electrons. The van der Waals surface area contributed by atoms with E-state index in [4.69, 9.17) is 4.74 Å². The number of nitrogens with zero attached hydrogens (tertiary/aromatic N) is 2. The topological polar surface area (TPSA) is 82.3 Å². The van der Waals surface area contributed by atoms with E-state index >= 15 is 0 Å². The van der Waals surface area contributed by atoms with E-state index in [1.165, 1.54) is 20.5 Å². The maximum Gasteiger partial charge on any atom is 0.337 e. The van der Waals surface area contributed by atoms with E-state index in [0.29, 0.717) is 27.3 Å². The number of aryl methyl sites for hydroxylation is 3. The number of aromatic nitrogens is 2. The molecule has 0 unspecified atom stereocenters. The molecule has 0 saturated carbocycles. The van der Waals surface area contributed by atoms with E-state index in [1.807, 2.05) is 31.2 Å². The predicted octanol–water partition coefficient (Wildman–Crippen LogP) is 4.05. The van der Waals surface area contributed by atoms with Gasteiger partial charge in [0.25, 0.3) is 5.56 Å². The van der Waals surface area contributed by atoms with E-state index < -0.39 is 5.69 Å². The molecule has 7 nitrogen and oxygen atoms in total. The van der Waals surface area contributed by atoms with Gasteiger partial charge < -0.3 is 10.1 Å². The van der Waals surface area contributed by atoms with Gasteiger partial charge in [-0.1, -0.05) is 12.1 Å². The Bertz CT molecular complexity index is 1510. The highest BCUT2D eigenvalue weighted by Crippen LogP contribution is 2.34. The maximum atomic E-state index is 13.6. The van der Waals surface area contributed by atoms with Crippen LogP contribution in [0.15, 0.2) is 58.1 Å². The van der Waals surface area contributed by atoms with Crippen LogP contribution < -0.4 is 21.3 Å².